The molecule has 2 fully saturated rings. The van der Waals surface area contributed by atoms with Gasteiger partial charge in [-0.2, -0.15) is 0 Å². The largest absolute Gasteiger partial charge is 0.423 e. The summed E-state index contributed by atoms with van der Waals surface area (Å²) in [6, 6.07) is 2.35. The van der Waals surface area contributed by atoms with Crippen LogP contribution in [0.25, 0.3) is 0 Å². The van der Waals surface area contributed by atoms with E-state index in [2.05, 4.69) is 0 Å². The lowest BCUT2D eigenvalue weighted by Crippen LogP contribution is -2.20. The topological polar surface area (TPSA) is 34.3 Å². The minimum Gasteiger partial charge on any atom is -0.423 e. The number of hydrogen-bond acceptors (Lipinski definition) is 3. The molecule has 0 bridgehead atoms. The lowest BCUT2D eigenvalue weighted by atomic mass is 10.6. The number of ether oxygens (including phenoxy) is 2. The fraction of sp³-hybridized carbons (Fsp3) is 1.00. The molecule has 0 aromatic heterocycles. The van der Waals surface area contributed by atoms with Gasteiger partial charge in [0.2, 0.25) is 0 Å². The van der Waals surface area contributed by atoms with E-state index in [-0.39, 0.29) is 0 Å². The Morgan fingerprint density at radius 2 is 1.73 bits per heavy atom. The Balaban J connectivity index is 1.65. The highest BCUT2D eigenvalue weighted by molar-refractivity contribution is 6.52. The first kappa shape index (κ1) is 7.73. The minimum atomic E-state index is -0.954. The maximum atomic E-state index is 5.43. The van der Waals surface area contributed by atoms with Crippen LogP contribution in [0.1, 0.15) is 0 Å². The van der Waals surface area contributed by atoms with E-state index in [1.807, 2.05) is 7.11 Å². The third-order valence-corrected chi connectivity index (χ3v) is 4.96. The van der Waals surface area contributed by atoms with Gasteiger partial charge in [0, 0.05) is 7.11 Å². The summed E-state index contributed by atoms with van der Waals surface area (Å²) in [5, 5.41) is 0. The van der Waals surface area contributed by atoms with E-state index < -0.39 is 9.04 Å². The van der Waals surface area contributed by atoms with Crippen LogP contribution in [0.15, 0.2) is 0 Å². The van der Waals surface area contributed by atoms with Crippen LogP contribution in [0.2, 0.25) is 12.1 Å². The molecule has 2 rings (SSSR count). The molecule has 0 aromatic rings. The number of epoxide rings is 2. The summed E-state index contributed by atoms with van der Waals surface area (Å²) in [5.41, 5.74) is 0. The van der Waals surface area contributed by atoms with Crippen molar-refractivity contribution >= 4 is 9.04 Å². The van der Waals surface area contributed by atoms with Gasteiger partial charge in [0.1, 0.15) is 0 Å². The Morgan fingerprint density at radius 3 is 2.00 bits per heavy atom. The maximum absolute atomic E-state index is 5.43. The van der Waals surface area contributed by atoms with Crippen molar-refractivity contribution in [3.05, 3.63) is 0 Å². The second-order valence-electron chi connectivity index (χ2n) is 3.24. The fourth-order valence-electron chi connectivity index (χ4n) is 1.28. The highest BCUT2D eigenvalue weighted by Gasteiger charge is 2.33. The van der Waals surface area contributed by atoms with Crippen LogP contribution >= 0.6 is 0 Å². The van der Waals surface area contributed by atoms with Crippen molar-refractivity contribution in [2.24, 2.45) is 0 Å². The summed E-state index contributed by atoms with van der Waals surface area (Å²) in [6.07, 6.45) is 1.07. The Kier molecular flexibility index (Phi) is 2.27. The molecule has 0 radical (unpaired) electrons. The molecule has 64 valence electrons. The fourth-order valence-corrected chi connectivity index (χ4v) is 3.58. The standard InChI is InChI=1S/C7H14O3Si/c1-8-11(4-6-2-9-6)5-7-3-10-7/h6-7,11H,2-5H2,1H3. The quantitative estimate of drug-likeness (QED) is 0.439. The van der Waals surface area contributed by atoms with Gasteiger partial charge >= 0.3 is 0 Å². The van der Waals surface area contributed by atoms with Crippen molar-refractivity contribution < 1.29 is 13.9 Å². The summed E-state index contributed by atoms with van der Waals surface area (Å²) < 4.78 is 15.7. The molecule has 0 saturated carbocycles. The van der Waals surface area contributed by atoms with Gasteiger partial charge in [-0.3, -0.25) is 0 Å². The molecule has 2 saturated heterocycles. The van der Waals surface area contributed by atoms with Crippen LogP contribution in [0.3, 0.4) is 0 Å². The van der Waals surface area contributed by atoms with Crippen LogP contribution in [-0.4, -0.2) is 41.6 Å². The predicted octanol–water partition coefficient (Wildman–Crippen LogP) is 0.154. The zero-order valence-corrected chi connectivity index (χ0v) is 7.94. The summed E-state index contributed by atoms with van der Waals surface area (Å²) in [6.45, 7) is 1.91. The minimum absolute atomic E-state index is 0.533. The molecule has 0 aromatic carbocycles. The molecule has 2 heterocycles. The van der Waals surface area contributed by atoms with E-state index >= 15 is 0 Å². The van der Waals surface area contributed by atoms with Gasteiger partial charge < -0.3 is 13.9 Å². The third kappa shape index (κ3) is 2.55. The second kappa shape index (κ2) is 3.22. The van der Waals surface area contributed by atoms with Gasteiger partial charge in [-0.05, 0) is 12.1 Å². The highest BCUT2D eigenvalue weighted by atomic mass is 28.3. The Hall–Kier alpha value is 0.0969. The predicted molar refractivity (Wildman–Crippen MR) is 43.3 cm³/mol. The lowest BCUT2D eigenvalue weighted by molar-refractivity contribution is 0.375. The van der Waals surface area contributed by atoms with E-state index in [4.69, 9.17) is 13.9 Å². The van der Waals surface area contributed by atoms with Crippen molar-refractivity contribution in [2.45, 2.75) is 24.3 Å². The van der Waals surface area contributed by atoms with Gasteiger partial charge in [0.15, 0.2) is 9.04 Å². The smallest absolute Gasteiger partial charge is 0.181 e. The van der Waals surface area contributed by atoms with Crippen LogP contribution in [0.4, 0.5) is 0 Å². The lowest BCUT2D eigenvalue weighted by Gasteiger charge is -2.09. The average Bonchev–Trinajstić information content (AvgIpc) is 2.78. The highest BCUT2D eigenvalue weighted by Crippen LogP contribution is 2.23. The van der Waals surface area contributed by atoms with Gasteiger partial charge in [0.05, 0.1) is 25.4 Å². The van der Waals surface area contributed by atoms with Gasteiger partial charge in [-0.1, -0.05) is 0 Å². The Labute approximate surface area is 68.4 Å². The molecular formula is C7H14O3Si. The van der Waals surface area contributed by atoms with Crippen molar-refractivity contribution in [3.63, 3.8) is 0 Å². The molecule has 2 unspecified atom stereocenters. The SMILES string of the molecule is CO[SiH](CC1CO1)CC1CO1. The molecule has 3 nitrogen and oxygen atoms in total. The van der Waals surface area contributed by atoms with Crippen molar-refractivity contribution in [1.29, 1.82) is 0 Å². The first-order valence-corrected chi connectivity index (χ1v) is 6.25. The molecule has 11 heavy (non-hydrogen) atoms. The molecule has 0 N–H and O–H groups in total. The van der Waals surface area contributed by atoms with Crippen LogP contribution in [0.5, 0.6) is 0 Å². The maximum Gasteiger partial charge on any atom is 0.181 e. The van der Waals surface area contributed by atoms with E-state index in [0.717, 1.165) is 13.2 Å². The van der Waals surface area contributed by atoms with E-state index in [0.29, 0.717) is 12.2 Å². The normalized spacial score (nSPS) is 36.8. The Bertz CT molecular complexity index is 120. The summed E-state index contributed by atoms with van der Waals surface area (Å²) in [7, 11) is 0.867. The van der Waals surface area contributed by atoms with Crippen molar-refractivity contribution in [2.75, 3.05) is 20.3 Å². The number of rotatable bonds is 5. The Morgan fingerprint density at radius 1 is 1.27 bits per heavy atom. The molecule has 0 spiro atoms. The number of hydrogen-bond donors (Lipinski definition) is 0. The molecule has 0 aliphatic carbocycles. The van der Waals surface area contributed by atoms with Crippen LogP contribution in [0, 0.1) is 0 Å². The van der Waals surface area contributed by atoms with E-state index in [9.17, 15) is 0 Å². The molecule has 2 aliphatic rings. The molecule has 2 aliphatic heterocycles. The third-order valence-electron chi connectivity index (χ3n) is 2.19. The second-order valence-corrected chi connectivity index (χ2v) is 5.90. The zero-order chi connectivity index (χ0) is 7.68. The summed E-state index contributed by atoms with van der Waals surface area (Å²) >= 11 is 0. The monoisotopic (exact) mass is 174 g/mol. The molecule has 2 atom stereocenters. The summed E-state index contributed by atoms with van der Waals surface area (Å²) in [5.74, 6) is 0. The van der Waals surface area contributed by atoms with E-state index in [1.165, 1.54) is 12.1 Å². The van der Waals surface area contributed by atoms with Crippen molar-refractivity contribution in [1.82, 2.24) is 0 Å². The first-order valence-electron chi connectivity index (χ1n) is 4.14. The van der Waals surface area contributed by atoms with Crippen LogP contribution < -0.4 is 0 Å². The average molecular weight is 174 g/mol. The zero-order valence-electron chi connectivity index (χ0n) is 6.79. The van der Waals surface area contributed by atoms with Crippen molar-refractivity contribution in [3.8, 4) is 0 Å². The van der Waals surface area contributed by atoms with Gasteiger partial charge in [-0.15, -0.1) is 0 Å². The summed E-state index contributed by atoms with van der Waals surface area (Å²) in [4.78, 5) is 0. The van der Waals surface area contributed by atoms with Crippen LogP contribution in [-0.2, 0) is 13.9 Å². The molecule has 0 amide bonds. The first-order chi connectivity index (χ1) is 5.38. The molecule has 4 heteroatoms. The van der Waals surface area contributed by atoms with E-state index in [1.54, 1.807) is 0 Å². The molecular weight excluding hydrogens is 160 g/mol. The van der Waals surface area contributed by atoms with Gasteiger partial charge in [0.25, 0.3) is 0 Å². The van der Waals surface area contributed by atoms with Gasteiger partial charge in [-0.25, -0.2) is 0 Å².